The lowest BCUT2D eigenvalue weighted by atomic mass is 9.91. The summed E-state index contributed by atoms with van der Waals surface area (Å²) in [4.78, 5) is 5.01. The molecule has 1 saturated heterocycles. The molecule has 0 saturated carbocycles. The van der Waals surface area contributed by atoms with Gasteiger partial charge in [0.05, 0.1) is 0 Å². The molecule has 2 atom stereocenters. The van der Waals surface area contributed by atoms with Crippen molar-refractivity contribution in [2.45, 2.75) is 25.4 Å². The van der Waals surface area contributed by atoms with Crippen LogP contribution < -0.4 is 5.73 Å². The zero-order valence-electron chi connectivity index (χ0n) is 11.9. The second-order valence-corrected chi connectivity index (χ2v) is 6.23. The standard InChI is InChI=1S/C16H25N3/c1-18-8-7-16(17)15(10-18)12-19-9-6-13-4-2-3-5-14(13)11-19/h2-5,15-16H,6-12,17H2,1H3. The molecule has 0 aliphatic carbocycles. The fourth-order valence-corrected chi connectivity index (χ4v) is 3.47. The maximum absolute atomic E-state index is 6.30. The van der Waals surface area contributed by atoms with Gasteiger partial charge in [0.15, 0.2) is 0 Å². The molecule has 2 heterocycles. The molecule has 2 aliphatic heterocycles. The van der Waals surface area contributed by atoms with Gasteiger partial charge in [0.2, 0.25) is 0 Å². The van der Waals surface area contributed by atoms with E-state index in [-0.39, 0.29) is 0 Å². The van der Waals surface area contributed by atoms with Gasteiger partial charge in [-0.05, 0) is 43.5 Å². The molecule has 1 fully saturated rings. The fraction of sp³-hybridized carbons (Fsp3) is 0.625. The van der Waals surface area contributed by atoms with E-state index >= 15 is 0 Å². The first-order valence-corrected chi connectivity index (χ1v) is 7.45. The molecule has 2 N–H and O–H groups in total. The summed E-state index contributed by atoms with van der Waals surface area (Å²) >= 11 is 0. The van der Waals surface area contributed by atoms with Crippen molar-refractivity contribution in [3.8, 4) is 0 Å². The summed E-state index contributed by atoms with van der Waals surface area (Å²) in [6, 6.07) is 9.23. The number of hydrogen-bond donors (Lipinski definition) is 1. The van der Waals surface area contributed by atoms with Crippen molar-refractivity contribution in [3.63, 3.8) is 0 Å². The Kier molecular flexibility index (Phi) is 3.87. The highest BCUT2D eigenvalue weighted by molar-refractivity contribution is 5.29. The Morgan fingerprint density at radius 2 is 2.00 bits per heavy atom. The normalized spacial score (nSPS) is 29.2. The van der Waals surface area contributed by atoms with Gasteiger partial charge in [-0.2, -0.15) is 0 Å². The van der Waals surface area contributed by atoms with Gasteiger partial charge in [-0.3, -0.25) is 4.90 Å². The molecule has 0 bridgehead atoms. The van der Waals surface area contributed by atoms with Crippen molar-refractivity contribution < 1.29 is 0 Å². The monoisotopic (exact) mass is 259 g/mol. The molecule has 3 heteroatoms. The van der Waals surface area contributed by atoms with E-state index < -0.39 is 0 Å². The largest absolute Gasteiger partial charge is 0.327 e. The minimum absolute atomic E-state index is 0.383. The number of benzene rings is 1. The van der Waals surface area contributed by atoms with E-state index in [1.54, 1.807) is 0 Å². The van der Waals surface area contributed by atoms with Gasteiger partial charge in [-0.1, -0.05) is 24.3 Å². The van der Waals surface area contributed by atoms with Gasteiger partial charge in [0, 0.05) is 32.2 Å². The second kappa shape index (κ2) is 5.61. The highest BCUT2D eigenvalue weighted by Gasteiger charge is 2.27. The summed E-state index contributed by atoms with van der Waals surface area (Å²) in [6.45, 7) is 5.74. The van der Waals surface area contributed by atoms with Crippen LogP contribution in [0.15, 0.2) is 24.3 Å². The van der Waals surface area contributed by atoms with E-state index in [2.05, 4.69) is 41.1 Å². The summed E-state index contributed by atoms with van der Waals surface area (Å²) in [5.41, 5.74) is 9.34. The Bertz CT molecular complexity index is 432. The quantitative estimate of drug-likeness (QED) is 0.869. The van der Waals surface area contributed by atoms with Crippen molar-refractivity contribution in [3.05, 3.63) is 35.4 Å². The molecule has 0 aromatic heterocycles. The third kappa shape index (κ3) is 2.99. The topological polar surface area (TPSA) is 32.5 Å². The van der Waals surface area contributed by atoms with Crippen LogP contribution in [0.2, 0.25) is 0 Å². The lowest BCUT2D eigenvalue weighted by Crippen LogP contribution is -2.50. The van der Waals surface area contributed by atoms with Crippen LogP contribution in [0.5, 0.6) is 0 Å². The van der Waals surface area contributed by atoms with Gasteiger partial charge in [-0.25, -0.2) is 0 Å². The molecular weight excluding hydrogens is 234 g/mol. The molecule has 1 aromatic carbocycles. The van der Waals surface area contributed by atoms with E-state index in [0.717, 1.165) is 32.6 Å². The predicted octanol–water partition coefficient (Wildman–Crippen LogP) is 1.32. The molecule has 0 amide bonds. The van der Waals surface area contributed by atoms with Gasteiger partial charge >= 0.3 is 0 Å². The Morgan fingerprint density at radius 3 is 2.84 bits per heavy atom. The van der Waals surface area contributed by atoms with Crippen molar-refractivity contribution in [1.29, 1.82) is 0 Å². The van der Waals surface area contributed by atoms with E-state index in [1.165, 1.54) is 24.1 Å². The zero-order chi connectivity index (χ0) is 13.2. The van der Waals surface area contributed by atoms with Crippen LogP contribution in [0.25, 0.3) is 0 Å². The van der Waals surface area contributed by atoms with Gasteiger partial charge in [-0.15, -0.1) is 0 Å². The number of rotatable bonds is 2. The summed E-state index contributed by atoms with van der Waals surface area (Å²) in [5.74, 6) is 0.629. The van der Waals surface area contributed by atoms with Crippen molar-refractivity contribution in [2.24, 2.45) is 11.7 Å². The third-order valence-corrected chi connectivity index (χ3v) is 4.70. The maximum atomic E-state index is 6.30. The Hall–Kier alpha value is -0.900. The molecule has 2 unspecified atom stereocenters. The van der Waals surface area contributed by atoms with E-state index in [0.29, 0.717) is 12.0 Å². The molecule has 2 aliphatic rings. The van der Waals surface area contributed by atoms with E-state index in [9.17, 15) is 0 Å². The van der Waals surface area contributed by atoms with Crippen LogP contribution >= 0.6 is 0 Å². The highest BCUT2D eigenvalue weighted by Crippen LogP contribution is 2.22. The summed E-state index contributed by atoms with van der Waals surface area (Å²) < 4.78 is 0. The Labute approximate surface area is 116 Å². The average molecular weight is 259 g/mol. The highest BCUT2D eigenvalue weighted by atomic mass is 15.2. The van der Waals surface area contributed by atoms with Crippen molar-refractivity contribution >= 4 is 0 Å². The minimum atomic E-state index is 0.383. The Morgan fingerprint density at radius 1 is 1.21 bits per heavy atom. The first-order valence-electron chi connectivity index (χ1n) is 7.45. The number of nitrogens with two attached hydrogens (primary N) is 1. The predicted molar refractivity (Wildman–Crippen MR) is 79.0 cm³/mol. The number of piperidine rings is 1. The van der Waals surface area contributed by atoms with E-state index in [4.69, 9.17) is 5.73 Å². The van der Waals surface area contributed by atoms with Crippen LogP contribution in [0.1, 0.15) is 17.5 Å². The SMILES string of the molecule is CN1CCC(N)C(CN2CCc3ccccc3C2)C1. The van der Waals surface area contributed by atoms with E-state index in [1.807, 2.05) is 0 Å². The first-order chi connectivity index (χ1) is 9.22. The minimum Gasteiger partial charge on any atom is -0.327 e. The lowest BCUT2D eigenvalue weighted by Gasteiger charge is -2.39. The zero-order valence-corrected chi connectivity index (χ0v) is 11.9. The maximum Gasteiger partial charge on any atom is 0.0236 e. The molecule has 0 radical (unpaired) electrons. The van der Waals surface area contributed by atoms with Crippen LogP contribution in [-0.4, -0.2) is 49.1 Å². The molecule has 3 nitrogen and oxygen atoms in total. The fourth-order valence-electron chi connectivity index (χ4n) is 3.47. The number of fused-ring (bicyclic) bond motifs is 1. The number of likely N-dealkylation sites (tertiary alicyclic amines) is 1. The summed E-state index contributed by atoms with van der Waals surface area (Å²) in [5, 5.41) is 0. The average Bonchev–Trinajstić information content (AvgIpc) is 2.43. The van der Waals surface area contributed by atoms with Crippen molar-refractivity contribution in [2.75, 3.05) is 33.2 Å². The van der Waals surface area contributed by atoms with Crippen LogP contribution in [-0.2, 0) is 13.0 Å². The lowest BCUT2D eigenvalue weighted by molar-refractivity contribution is 0.127. The number of hydrogen-bond acceptors (Lipinski definition) is 3. The molecule has 1 aromatic rings. The summed E-state index contributed by atoms with van der Waals surface area (Å²) in [6.07, 6.45) is 2.33. The van der Waals surface area contributed by atoms with Gasteiger partial charge in [0.25, 0.3) is 0 Å². The molecular formula is C16H25N3. The van der Waals surface area contributed by atoms with Gasteiger partial charge < -0.3 is 10.6 Å². The smallest absolute Gasteiger partial charge is 0.0236 e. The first kappa shape index (κ1) is 13.1. The third-order valence-electron chi connectivity index (χ3n) is 4.70. The Balaban J connectivity index is 1.62. The molecule has 19 heavy (non-hydrogen) atoms. The molecule has 0 spiro atoms. The second-order valence-electron chi connectivity index (χ2n) is 6.23. The van der Waals surface area contributed by atoms with Crippen LogP contribution in [0, 0.1) is 5.92 Å². The number of nitrogens with zero attached hydrogens (tertiary/aromatic N) is 2. The molecule has 104 valence electrons. The van der Waals surface area contributed by atoms with Crippen LogP contribution in [0.3, 0.4) is 0 Å². The van der Waals surface area contributed by atoms with Crippen molar-refractivity contribution in [1.82, 2.24) is 9.80 Å². The molecule has 3 rings (SSSR count). The van der Waals surface area contributed by atoms with Gasteiger partial charge in [0.1, 0.15) is 0 Å². The summed E-state index contributed by atoms with van der Waals surface area (Å²) in [7, 11) is 2.21. The van der Waals surface area contributed by atoms with Crippen LogP contribution in [0.4, 0.5) is 0 Å².